The highest BCUT2D eigenvalue weighted by atomic mass is 16.5. The molecule has 0 aromatic heterocycles. The van der Waals surface area contributed by atoms with Gasteiger partial charge in [0.2, 0.25) is 0 Å². The quantitative estimate of drug-likeness (QED) is 0.177. The SMILES string of the molecule is CCOc1ccccc1/C=C/C(=O)c1ccc(NC(=O)/C(=C/c2ccccc2C)NC(=O)c2ccccc2)cc1. The molecule has 40 heavy (non-hydrogen) atoms. The van der Waals surface area contributed by atoms with Crippen molar-refractivity contribution in [3.63, 3.8) is 0 Å². The summed E-state index contributed by atoms with van der Waals surface area (Å²) in [6.07, 6.45) is 4.86. The number of carbonyl (C=O) groups excluding carboxylic acids is 3. The van der Waals surface area contributed by atoms with Crippen LogP contribution in [0.4, 0.5) is 5.69 Å². The second-order valence-corrected chi connectivity index (χ2v) is 8.93. The lowest BCUT2D eigenvalue weighted by atomic mass is 10.1. The maximum absolute atomic E-state index is 13.3. The number of carbonyl (C=O) groups is 3. The number of ether oxygens (including phenoxy) is 1. The van der Waals surface area contributed by atoms with Crippen LogP contribution < -0.4 is 15.4 Å². The Hall–Kier alpha value is -5.23. The molecule has 0 saturated heterocycles. The third-order valence-electron chi connectivity index (χ3n) is 6.08. The Morgan fingerprint density at radius 2 is 1.40 bits per heavy atom. The minimum atomic E-state index is -0.487. The minimum Gasteiger partial charge on any atom is -0.493 e. The molecule has 4 rings (SSSR count). The molecule has 0 unspecified atom stereocenters. The molecule has 0 aliphatic rings. The van der Waals surface area contributed by atoms with Gasteiger partial charge in [-0.2, -0.15) is 0 Å². The van der Waals surface area contributed by atoms with Gasteiger partial charge in [-0.05, 0) is 85.7 Å². The number of anilines is 1. The molecule has 0 atom stereocenters. The van der Waals surface area contributed by atoms with Crippen LogP contribution in [0.2, 0.25) is 0 Å². The van der Waals surface area contributed by atoms with Crippen LogP contribution in [0.1, 0.15) is 44.3 Å². The van der Waals surface area contributed by atoms with Crippen molar-refractivity contribution >= 4 is 35.4 Å². The summed E-state index contributed by atoms with van der Waals surface area (Å²) in [6.45, 7) is 4.37. The van der Waals surface area contributed by atoms with Gasteiger partial charge in [-0.25, -0.2) is 0 Å². The number of rotatable bonds is 10. The molecule has 200 valence electrons. The summed E-state index contributed by atoms with van der Waals surface area (Å²) in [5.74, 6) is -0.353. The Morgan fingerprint density at radius 1 is 0.750 bits per heavy atom. The van der Waals surface area contributed by atoms with Crippen LogP contribution in [-0.4, -0.2) is 24.2 Å². The first-order valence-corrected chi connectivity index (χ1v) is 12.9. The fourth-order valence-electron chi connectivity index (χ4n) is 3.93. The van der Waals surface area contributed by atoms with Crippen molar-refractivity contribution in [3.05, 3.63) is 143 Å². The number of hydrogen-bond donors (Lipinski definition) is 2. The Labute approximate surface area is 234 Å². The highest BCUT2D eigenvalue weighted by Gasteiger charge is 2.16. The summed E-state index contributed by atoms with van der Waals surface area (Å²) in [5, 5.41) is 5.56. The largest absolute Gasteiger partial charge is 0.493 e. The Bertz CT molecular complexity index is 1550. The van der Waals surface area contributed by atoms with Crippen LogP contribution in [0.5, 0.6) is 5.75 Å². The average molecular weight is 531 g/mol. The van der Waals surface area contributed by atoms with Gasteiger partial charge in [-0.15, -0.1) is 0 Å². The number of nitrogens with one attached hydrogen (secondary N) is 2. The third kappa shape index (κ3) is 7.42. The average Bonchev–Trinajstić information content (AvgIpc) is 2.98. The number of para-hydroxylation sites is 1. The molecule has 0 bridgehead atoms. The predicted octanol–water partition coefficient (Wildman–Crippen LogP) is 6.70. The van der Waals surface area contributed by atoms with Crippen molar-refractivity contribution < 1.29 is 19.1 Å². The van der Waals surface area contributed by atoms with Gasteiger partial charge < -0.3 is 15.4 Å². The van der Waals surface area contributed by atoms with E-state index in [1.807, 2.05) is 68.4 Å². The summed E-state index contributed by atoms with van der Waals surface area (Å²) < 4.78 is 5.61. The minimum absolute atomic E-state index is 0.0965. The molecule has 2 N–H and O–H groups in total. The smallest absolute Gasteiger partial charge is 0.272 e. The zero-order chi connectivity index (χ0) is 28.3. The maximum Gasteiger partial charge on any atom is 0.272 e. The molecule has 6 nitrogen and oxygen atoms in total. The van der Waals surface area contributed by atoms with Gasteiger partial charge in [0, 0.05) is 22.4 Å². The molecule has 2 amide bonds. The van der Waals surface area contributed by atoms with Gasteiger partial charge in [-0.3, -0.25) is 14.4 Å². The Balaban J connectivity index is 1.49. The molecular formula is C34H30N2O4. The monoisotopic (exact) mass is 530 g/mol. The number of allylic oxidation sites excluding steroid dienone is 1. The molecule has 0 radical (unpaired) electrons. The molecule has 0 aliphatic carbocycles. The van der Waals surface area contributed by atoms with Crippen molar-refractivity contribution in [2.75, 3.05) is 11.9 Å². The first-order valence-electron chi connectivity index (χ1n) is 12.9. The van der Waals surface area contributed by atoms with Crippen LogP contribution in [0.25, 0.3) is 12.2 Å². The zero-order valence-electron chi connectivity index (χ0n) is 22.4. The fourth-order valence-corrected chi connectivity index (χ4v) is 3.93. The van der Waals surface area contributed by atoms with Crippen LogP contribution in [0.15, 0.2) is 115 Å². The van der Waals surface area contributed by atoms with Gasteiger partial charge in [0.15, 0.2) is 5.78 Å². The molecule has 4 aromatic rings. The highest BCUT2D eigenvalue weighted by molar-refractivity contribution is 6.11. The van der Waals surface area contributed by atoms with Gasteiger partial charge in [0.25, 0.3) is 11.8 Å². The van der Waals surface area contributed by atoms with E-state index in [1.54, 1.807) is 60.7 Å². The molecule has 0 heterocycles. The molecule has 0 fully saturated rings. The number of aryl methyl sites for hydroxylation is 1. The van der Waals surface area contributed by atoms with Crippen LogP contribution in [0, 0.1) is 6.92 Å². The number of benzene rings is 4. The van der Waals surface area contributed by atoms with E-state index in [2.05, 4.69) is 10.6 Å². The van der Waals surface area contributed by atoms with E-state index >= 15 is 0 Å². The molecule has 4 aromatic carbocycles. The number of hydrogen-bond acceptors (Lipinski definition) is 4. The first-order chi connectivity index (χ1) is 19.4. The molecular weight excluding hydrogens is 500 g/mol. The normalized spacial score (nSPS) is 11.2. The molecule has 0 aliphatic heterocycles. The lowest BCUT2D eigenvalue weighted by molar-refractivity contribution is -0.113. The second-order valence-electron chi connectivity index (χ2n) is 8.93. The van der Waals surface area contributed by atoms with Gasteiger partial charge in [0.1, 0.15) is 11.4 Å². The summed E-state index contributed by atoms with van der Waals surface area (Å²) in [4.78, 5) is 38.9. The van der Waals surface area contributed by atoms with Gasteiger partial charge in [0.05, 0.1) is 6.61 Å². The lowest BCUT2D eigenvalue weighted by Gasteiger charge is -2.12. The van der Waals surface area contributed by atoms with Gasteiger partial charge >= 0.3 is 0 Å². The third-order valence-corrected chi connectivity index (χ3v) is 6.08. The summed E-state index contributed by atoms with van der Waals surface area (Å²) >= 11 is 0. The number of amides is 2. The van der Waals surface area contributed by atoms with Crippen molar-refractivity contribution in [1.82, 2.24) is 5.32 Å². The van der Waals surface area contributed by atoms with Crippen LogP contribution in [0.3, 0.4) is 0 Å². The molecule has 0 saturated carbocycles. The van der Waals surface area contributed by atoms with E-state index in [0.717, 1.165) is 16.7 Å². The van der Waals surface area contributed by atoms with Crippen molar-refractivity contribution in [2.45, 2.75) is 13.8 Å². The van der Waals surface area contributed by atoms with E-state index in [4.69, 9.17) is 4.74 Å². The second kappa shape index (κ2) is 13.5. The van der Waals surface area contributed by atoms with Crippen molar-refractivity contribution in [1.29, 1.82) is 0 Å². The summed E-state index contributed by atoms with van der Waals surface area (Å²) in [6, 6.07) is 30.4. The van der Waals surface area contributed by atoms with Crippen molar-refractivity contribution in [3.8, 4) is 5.75 Å². The van der Waals surface area contributed by atoms with Crippen LogP contribution in [-0.2, 0) is 4.79 Å². The van der Waals surface area contributed by atoms with Gasteiger partial charge in [-0.1, -0.05) is 60.7 Å². The predicted molar refractivity (Wildman–Crippen MR) is 159 cm³/mol. The fraction of sp³-hybridized carbons (Fsp3) is 0.0882. The summed E-state index contributed by atoms with van der Waals surface area (Å²) in [5.41, 5.74) is 4.06. The molecule has 0 spiro atoms. The maximum atomic E-state index is 13.3. The summed E-state index contributed by atoms with van der Waals surface area (Å²) in [7, 11) is 0. The van der Waals surface area contributed by atoms with E-state index < -0.39 is 11.8 Å². The molecule has 6 heteroatoms. The Morgan fingerprint density at radius 3 is 2.10 bits per heavy atom. The number of ketones is 1. The van der Waals surface area contributed by atoms with E-state index in [-0.39, 0.29) is 11.5 Å². The first kappa shape index (κ1) is 27.8. The van der Waals surface area contributed by atoms with E-state index in [9.17, 15) is 14.4 Å². The van der Waals surface area contributed by atoms with E-state index in [1.165, 1.54) is 6.08 Å². The standard InChI is InChI=1S/C34H30N2O4/c1-3-40-32-16-10-9-12-26(32)19-22-31(37)25-17-20-29(21-18-25)35-34(39)30(23-28-15-8-7-11-24(28)2)36-33(38)27-13-5-4-6-14-27/h4-23H,3H2,1-2H3,(H,35,39)(H,36,38)/b22-19+,30-23-. The Kier molecular flexibility index (Phi) is 9.40. The zero-order valence-corrected chi connectivity index (χ0v) is 22.4. The van der Waals surface area contributed by atoms with E-state index in [0.29, 0.717) is 29.2 Å². The topological polar surface area (TPSA) is 84.5 Å². The highest BCUT2D eigenvalue weighted by Crippen LogP contribution is 2.20. The van der Waals surface area contributed by atoms with Crippen LogP contribution >= 0.6 is 0 Å². The van der Waals surface area contributed by atoms with Crippen molar-refractivity contribution in [2.24, 2.45) is 0 Å². The lowest BCUT2D eigenvalue weighted by Crippen LogP contribution is -2.30.